The minimum absolute atomic E-state index is 0.291. The van der Waals surface area contributed by atoms with Gasteiger partial charge in [-0.15, -0.1) is 0 Å². The highest BCUT2D eigenvalue weighted by Crippen LogP contribution is 2.18. The molecule has 0 amide bonds. The van der Waals surface area contributed by atoms with Gasteiger partial charge < -0.3 is 8.37 Å². The van der Waals surface area contributed by atoms with Crippen LogP contribution in [-0.2, 0) is 26.2 Å². The molecule has 7 nitrogen and oxygen atoms in total. The lowest BCUT2D eigenvalue weighted by atomic mass is 10.2. The summed E-state index contributed by atoms with van der Waals surface area (Å²) in [5.41, 5.74) is -0.291. The minimum Gasteiger partial charge on any atom is -0.383 e. The van der Waals surface area contributed by atoms with Gasteiger partial charge in [-0.2, -0.15) is 16.8 Å². The number of hydrogen-bond acceptors (Lipinski definition) is 7. The topological polar surface area (TPSA) is 104 Å². The number of carbonyl (C=O) groups excluding carboxylic acids is 1. The van der Waals surface area contributed by atoms with E-state index in [1.807, 2.05) is 0 Å². The largest absolute Gasteiger partial charge is 0.383 e. The Balaban J connectivity index is 3.07. The van der Waals surface area contributed by atoms with Crippen molar-refractivity contribution in [2.45, 2.75) is 0 Å². The van der Waals surface area contributed by atoms with Crippen LogP contribution in [-0.4, -0.2) is 22.8 Å². The van der Waals surface area contributed by atoms with Crippen molar-refractivity contribution in [1.29, 1.82) is 0 Å². The van der Waals surface area contributed by atoms with E-state index in [2.05, 4.69) is 8.37 Å². The van der Waals surface area contributed by atoms with Crippen LogP contribution in [0.25, 0.3) is 0 Å². The molecule has 0 aliphatic carbocycles. The fourth-order valence-corrected chi connectivity index (χ4v) is 1.47. The van der Waals surface area contributed by atoms with Crippen molar-refractivity contribution in [2.24, 2.45) is 0 Å². The molecule has 0 saturated carbocycles. The molecule has 0 bridgehead atoms. The van der Waals surface area contributed by atoms with Gasteiger partial charge in [-0.05, 0) is 12.1 Å². The molecule has 0 N–H and O–H groups in total. The predicted octanol–water partition coefficient (Wildman–Crippen LogP) is -0.725. The van der Waals surface area contributed by atoms with E-state index >= 15 is 0 Å². The molecule has 0 radical (unpaired) electrons. The number of para-hydroxylation sites is 1. The quantitative estimate of drug-likeness (QED) is 0.693. The Bertz CT molecular complexity index is 527. The molecule has 0 unspecified atom stereocenters. The van der Waals surface area contributed by atoms with Crippen molar-refractivity contribution in [3.63, 3.8) is 0 Å². The number of benzene rings is 1. The summed E-state index contributed by atoms with van der Waals surface area (Å²) in [6.07, 6.45) is 0. The van der Waals surface area contributed by atoms with Gasteiger partial charge in [0, 0.05) is 0 Å². The Morgan fingerprint density at radius 3 is 2.19 bits per heavy atom. The van der Waals surface area contributed by atoms with Crippen molar-refractivity contribution in [2.75, 3.05) is 0 Å². The maximum Gasteiger partial charge on any atom is 0.357 e. The van der Waals surface area contributed by atoms with Gasteiger partial charge in [-0.25, -0.2) is 4.79 Å². The molecular weight excluding hydrogens is 260 g/mol. The molecule has 0 heterocycles. The van der Waals surface area contributed by atoms with Gasteiger partial charge in [0.25, 0.3) is 11.0 Å². The molecule has 9 heteroatoms. The zero-order valence-corrected chi connectivity index (χ0v) is 9.35. The molecular formula is C7H6O7S2. The maximum absolute atomic E-state index is 11.2. The van der Waals surface area contributed by atoms with Crippen LogP contribution in [0.1, 0.15) is 10.4 Å². The molecule has 88 valence electrons. The third-order valence-corrected chi connectivity index (χ3v) is 2.10. The molecule has 0 aliphatic rings. The summed E-state index contributed by atoms with van der Waals surface area (Å²) in [6.45, 7) is 0. The van der Waals surface area contributed by atoms with Crippen molar-refractivity contribution >= 4 is 27.9 Å². The normalized spacial score (nSPS) is 10.4. The Morgan fingerprint density at radius 2 is 1.62 bits per heavy atom. The summed E-state index contributed by atoms with van der Waals surface area (Å²) in [7, 11) is -6.55. The second-order valence-electron chi connectivity index (χ2n) is 2.41. The molecule has 0 aliphatic heterocycles. The van der Waals surface area contributed by atoms with Gasteiger partial charge in [-0.3, -0.25) is 0 Å². The molecule has 0 fully saturated rings. The summed E-state index contributed by atoms with van der Waals surface area (Å²) >= 11 is 0. The maximum atomic E-state index is 11.2. The SMILES string of the molecule is O=C(O[SH](=O)=O)c1ccccc1O[SH](=O)=O. The monoisotopic (exact) mass is 266 g/mol. The van der Waals surface area contributed by atoms with E-state index < -0.39 is 27.9 Å². The number of rotatable bonds is 4. The van der Waals surface area contributed by atoms with E-state index in [9.17, 15) is 21.6 Å². The van der Waals surface area contributed by atoms with Crippen LogP contribution in [0.3, 0.4) is 0 Å². The van der Waals surface area contributed by atoms with Gasteiger partial charge >= 0.3 is 17.0 Å². The first kappa shape index (κ1) is 12.5. The third-order valence-electron chi connectivity index (χ3n) is 1.44. The van der Waals surface area contributed by atoms with Gasteiger partial charge in [0.15, 0.2) is 5.75 Å². The van der Waals surface area contributed by atoms with Crippen LogP contribution < -0.4 is 4.18 Å². The molecule has 0 aromatic heterocycles. The van der Waals surface area contributed by atoms with Crippen molar-refractivity contribution in [1.82, 2.24) is 0 Å². The number of hydrogen-bond donors (Lipinski definition) is 2. The number of thiol groups is 2. The van der Waals surface area contributed by atoms with E-state index in [0.717, 1.165) is 0 Å². The van der Waals surface area contributed by atoms with Crippen molar-refractivity contribution in [3.05, 3.63) is 29.8 Å². The van der Waals surface area contributed by atoms with Crippen LogP contribution in [0.15, 0.2) is 24.3 Å². The average molecular weight is 266 g/mol. The van der Waals surface area contributed by atoms with Crippen LogP contribution in [0, 0.1) is 0 Å². The van der Waals surface area contributed by atoms with Crippen LogP contribution in [0.2, 0.25) is 0 Å². The Kier molecular flexibility index (Phi) is 4.26. The van der Waals surface area contributed by atoms with Gasteiger partial charge in [-0.1, -0.05) is 12.1 Å². The average Bonchev–Trinajstić information content (AvgIpc) is 2.16. The fraction of sp³-hybridized carbons (Fsp3) is 0. The van der Waals surface area contributed by atoms with E-state index in [0.29, 0.717) is 0 Å². The highest BCUT2D eigenvalue weighted by molar-refractivity contribution is 7.67. The highest BCUT2D eigenvalue weighted by atomic mass is 32.2. The van der Waals surface area contributed by atoms with Crippen molar-refractivity contribution < 1.29 is 30.0 Å². The first-order valence-electron chi connectivity index (χ1n) is 3.79. The molecule has 16 heavy (non-hydrogen) atoms. The molecule has 1 aromatic carbocycles. The van der Waals surface area contributed by atoms with Gasteiger partial charge in [0.2, 0.25) is 0 Å². The Labute approximate surface area is 93.9 Å². The van der Waals surface area contributed by atoms with E-state index in [1.165, 1.54) is 24.3 Å². The summed E-state index contributed by atoms with van der Waals surface area (Å²) in [4.78, 5) is 11.2. The zero-order chi connectivity index (χ0) is 12.1. The summed E-state index contributed by atoms with van der Waals surface area (Å²) in [5.74, 6) is -1.50. The van der Waals surface area contributed by atoms with Gasteiger partial charge in [0.05, 0.1) is 0 Å². The van der Waals surface area contributed by atoms with E-state index in [-0.39, 0.29) is 11.3 Å². The first-order chi connectivity index (χ1) is 7.50. The highest BCUT2D eigenvalue weighted by Gasteiger charge is 2.15. The summed E-state index contributed by atoms with van der Waals surface area (Å²) < 4.78 is 49.1. The second-order valence-corrected chi connectivity index (χ2v) is 3.67. The van der Waals surface area contributed by atoms with Crippen LogP contribution >= 0.6 is 0 Å². The summed E-state index contributed by atoms with van der Waals surface area (Å²) in [5, 5.41) is 0. The lowest BCUT2D eigenvalue weighted by molar-refractivity contribution is 0.0752. The molecule has 1 aromatic rings. The predicted molar refractivity (Wildman–Crippen MR) is 53.1 cm³/mol. The van der Waals surface area contributed by atoms with Crippen LogP contribution in [0.4, 0.5) is 0 Å². The molecule has 0 spiro atoms. The lowest BCUT2D eigenvalue weighted by Gasteiger charge is -2.03. The number of carbonyl (C=O) groups is 1. The Hall–Kier alpha value is -1.61. The van der Waals surface area contributed by atoms with Crippen molar-refractivity contribution in [3.8, 4) is 5.75 Å². The second kappa shape index (κ2) is 5.47. The minimum atomic E-state index is -3.35. The molecule has 0 saturated heterocycles. The van der Waals surface area contributed by atoms with E-state index in [1.54, 1.807) is 0 Å². The fourth-order valence-electron chi connectivity index (χ4n) is 0.912. The van der Waals surface area contributed by atoms with Crippen LogP contribution in [0.5, 0.6) is 5.75 Å². The summed E-state index contributed by atoms with van der Waals surface area (Å²) in [6, 6.07) is 5.19. The molecule has 1 rings (SSSR count). The Morgan fingerprint density at radius 1 is 1.00 bits per heavy atom. The third kappa shape index (κ3) is 3.51. The van der Waals surface area contributed by atoms with Gasteiger partial charge in [0.1, 0.15) is 5.56 Å². The smallest absolute Gasteiger partial charge is 0.357 e. The van der Waals surface area contributed by atoms with E-state index in [4.69, 9.17) is 0 Å². The zero-order valence-electron chi connectivity index (χ0n) is 7.56. The lowest BCUT2D eigenvalue weighted by Crippen LogP contribution is -2.06. The molecule has 0 atom stereocenters. The standard InChI is InChI=1S/C7H6O7S2/c8-7(14-16(11)12)5-3-1-2-4-6(5)13-15(9)10/h1-4,15-16H. The first-order valence-corrected chi connectivity index (χ1v) is 5.98.